The molecule has 0 amide bonds. The van der Waals surface area contributed by atoms with E-state index in [4.69, 9.17) is 19.2 Å². The highest BCUT2D eigenvalue weighted by Gasteiger charge is 2.22. The van der Waals surface area contributed by atoms with Crippen molar-refractivity contribution in [2.75, 3.05) is 47.0 Å². The zero-order valence-electron chi connectivity index (χ0n) is 25.6. The lowest BCUT2D eigenvalue weighted by atomic mass is 9.77. The molecular weight excluding hydrogens is 512 g/mol. The van der Waals surface area contributed by atoms with Crippen LogP contribution in [0.1, 0.15) is 76.2 Å². The van der Waals surface area contributed by atoms with Crippen LogP contribution < -0.4 is 20.1 Å². The summed E-state index contributed by atoms with van der Waals surface area (Å²) in [7, 11) is 3.75. The van der Waals surface area contributed by atoms with E-state index in [1.54, 1.807) is 0 Å². The van der Waals surface area contributed by atoms with E-state index in [0.717, 1.165) is 47.1 Å². The Kier molecular flexibility index (Phi) is 14.8. The first kappa shape index (κ1) is 32.7. The Labute approximate surface area is 248 Å². The number of ether oxygens (including phenoxy) is 2. The van der Waals surface area contributed by atoms with Gasteiger partial charge >= 0.3 is 0 Å². The van der Waals surface area contributed by atoms with Crippen LogP contribution in [0.15, 0.2) is 67.0 Å². The third-order valence-electron chi connectivity index (χ3n) is 7.80. The second-order valence-corrected chi connectivity index (χ2v) is 11.2. The monoisotopic (exact) mass is 564 g/mol. The normalized spacial score (nSPS) is 16.8. The lowest BCUT2D eigenvalue weighted by Gasteiger charge is -2.29. The quantitative estimate of drug-likeness (QED) is 0.0562. The van der Waals surface area contributed by atoms with Crippen LogP contribution in [-0.4, -0.2) is 47.0 Å². The van der Waals surface area contributed by atoms with Crippen molar-refractivity contribution in [3.05, 3.63) is 72.5 Å². The zero-order chi connectivity index (χ0) is 29.3. The number of hydrogen-bond acceptors (Lipinski definition) is 6. The van der Waals surface area contributed by atoms with Crippen LogP contribution in [0.25, 0.3) is 11.1 Å². The zero-order valence-corrected chi connectivity index (χ0v) is 25.6. The van der Waals surface area contributed by atoms with Crippen molar-refractivity contribution in [2.24, 2.45) is 5.92 Å². The van der Waals surface area contributed by atoms with Crippen LogP contribution in [0, 0.1) is 5.92 Å². The summed E-state index contributed by atoms with van der Waals surface area (Å²) in [6.07, 6.45) is 11.6. The van der Waals surface area contributed by atoms with Crippen molar-refractivity contribution < 1.29 is 19.2 Å². The molecule has 0 heterocycles. The highest BCUT2D eigenvalue weighted by atomic mass is 17.2. The molecule has 6 heteroatoms. The molecule has 0 aliphatic heterocycles. The first-order valence-corrected chi connectivity index (χ1v) is 15.5. The van der Waals surface area contributed by atoms with Gasteiger partial charge in [0.25, 0.3) is 0 Å². The standard InChI is InChI=1S/C35H52N2O4/c1-6-7-8-9-29-10-12-30(13-11-29)31-14-16-32(17-15-31)33-22-34(38-19-18-27(2)25-36-4)24-35(23-33)39-20-21-40-41-28(3)26-37-5/h14-17,22-24,29-30,36-37H,2-3,6-13,18-21,25-26H2,1,4-5H3. The van der Waals surface area contributed by atoms with Gasteiger partial charge in [-0.2, -0.15) is 4.89 Å². The van der Waals surface area contributed by atoms with Gasteiger partial charge in [-0.15, -0.1) is 0 Å². The molecular formula is C35H52N2O4. The van der Waals surface area contributed by atoms with E-state index in [2.05, 4.69) is 67.1 Å². The molecule has 0 atom stereocenters. The first-order valence-electron chi connectivity index (χ1n) is 15.5. The van der Waals surface area contributed by atoms with Crippen LogP contribution in [0.4, 0.5) is 0 Å². The molecule has 0 saturated heterocycles. The fourth-order valence-corrected chi connectivity index (χ4v) is 5.52. The summed E-state index contributed by atoms with van der Waals surface area (Å²) in [5.41, 5.74) is 4.80. The molecule has 1 aliphatic carbocycles. The summed E-state index contributed by atoms with van der Waals surface area (Å²) in [4.78, 5) is 10.4. The molecule has 2 aromatic rings. The molecule has 6 nitrogen and oxygen atoms in total. The lowest BCUT2D eigenvalue weighted by molar-refractivity contribution is -0.265. The number of benzene rings is 2. The molecule has 1 fully saturated rings. The molecule has 0 bridgehead atoms. The molecule has 2 N–H and O–H groups in total. The molecule has 0 radical (unpaired) electrons. The molecule has 0 aromatic heterocycles. The highest BCUT2D eigenvalue weighted by Crippen LogP contribution is 2.39. The molecule has 0 unspecified atom stereocenters. The van der Waals surface area contributed by atoms with Crippen molar-refractivity contribution in [3.63, 3.8) is 0 Å². The Bertz CT molecular complexity index is 1040. The highest BCUT2D eigenvalue weighted by molar-refractivity contribution is 5.67. The van der Waals surface area contributed by atoms with Gasteiger partial charge in [0.2, 0.25) is 0 Å². The summed E-state index contributed by atoms with van der Waals surface area (Å²) < 4.78 is 12.2. The fourth-order valence-electron chi connectivity index (χ4n) is 5.52. The number of likely N-dealkylation sites (N-methyl/N-ethyl adjacent to an activating group) is 2. The van der Waals surface area contributed by atoms with E-state index in [1.165, 1.54) is 56.9 Å². The second kappa shape index (κ2) is 18.6. The average molecular weight is 565 g/mol. The third-order valence-corrected chi connectivity index (χ3v) is 7.80. The van der Waals surface area contributed by atoms with Crippen LogP contribution in [-0.2, 0) is 9.78 Å². The van der Waals surface area contributed by atoms with Gasteiger partial charge in [0.1, 0.15) is 30.5 Å². The van der Waals surface area contributed by atoms with Gasteiger partial charge in [-0.25, -0.2) is 0 Å². The summed E-state index contributed by atoms with van der Waals surface area (Å²) in [5.74, 6) is 3.64. The minimum Gasteiger partial charge on any atom is -0.493 e. The summed E-state index contributed by atoms with van der Waals surface area (Å²) >= 11 is 0. The van der Waals surface area contributed by atoms with E-state index in [-0.39, 0.29) is 6.61 Å². The molecule has 41 heavy (non-hydrogen) atoms. The summed E-state index contributed by atoms with van der Waals surface area (Å²) in [5, 5.41) is 6.10. The van der Waals surface area contributed by atoms with E-state index in [1.807, 2.05) is 20.2 Å². The topological polar surface area (TPSA) is 61.0 Å². The Morgan fingerprint density at radius 3 is 2.15 bits per heavy atom. The van der Waals surface area contributed by atoms with E-state index in [0.29, 0.717) is 31.4 Å². The maximum atomic E-state index is 6.13. The Morgan fingerprint density at radius 2 is 1.49 bits per heavy atom. The average Bonchev–Trinajstić information content (AvgIpc) is 2.98. The fraction of sp³-hybridized carbons (Fsp3) is 0.543. The van der Waals surface area contributed by atoms with Gasteiger partial charge in [0.05, 0.1) is 13.2 Å². The Hall–Kier alpha value is -2.80. The minimum absolute atomic E-state index is 0.280. The molecule has 1 aliphatic rings. The maximum Gasteiger partial charge on any atom is 0.149 e. The predicted octanol–water partition coefficient (Wildman–Crippen LogP) is 7.81. The second-order valence-electron chi connectivity index (χ2n) is 11.2. The molecule has 226 valence electrons. The van der Waals surface area contributed by atoms with Gasteiger partial charge in [-0.1, -0.05) is 75.6 Å². The maximum absolute atomic E-state index is 6.13. The molecule has 3 rings (SSSR count). The van der Waals surface area contributed by atoms with Crippen molar-refractivity contribution in [3.8, 4) is 22.6 Å². The van der Waals surface area contributed by atoms with Crippen LogP contribution >= 0.6 is 0 Å². The van der Waals surface area contributed by atoms with Crippen LogP contribution in [0.3, 0.4) is 0 Å². The van der Waals surface area contributed by atoms with E-state index in [9.17, 15) is 0 Å². The number of rotatable bonds is 20. The van der Waals surface area contributed by atoms with E-state index < -0.39 is 0 Å². The third kappa shape index (κ3) is 11.9. The molecule has 2 aromatic carbocycles. The molecule has 0 spiro atoms. The SMILES string of the molecule is C=C(CCOc1cc(OCCOOC(=C)CNC)cc(-c2ccc(C3CCC(CCCCC)CC3)cc2)c1)CNC. The van der Waals surface area contributed by atoms with Gasteiger partial charge in [-0.05, 0) is 80.4 Å². The van der Waals surface area contributed by atoms with Gasteiger partial charge < -0.3 is 25.0 Å². The number of unbranched alkanes of at least 4 members (excludes halogenated alkanes) is 2. The molecule has 1 saturated carbocycles. The summed E-state index contributed by atoms with van der Waals surface area (Å²) in [6, 6.07) is 15.2. The van der Waals surface area contributed by atoms with Crippen molar-refractivity contribution in [1.29, 1.82) is 0 Å². The van der Waals surface area contributed by atoms with E-state index >= 15 is 0 Å². The number of hydrogen-bond donors (Lipinski definition) is 2. The van der Waals surface area contributed by atoms with Gasteiger partial charge in [-0.3, -0.25) is 0 Å². The first-order chi connectivity index (χ1) is 20.0. The largest absolute Gasteiger partial charge is 0.493 e. The van der Waals surface area contributed by atoms with Crippen molar-refractivity contribution in [1.82, 2.24) is 10.6 Å². The van der Waals surface area contributed by atoms with Crippen molar-refractivity contribution in [2.45, 2.75) is 70.6 Å². The van der Waals surface area contributed by atoms with Crippen LogP contribution in [0.2, 0.25) is 0 Å². The van der Waals surface area contributed by atoms with Gasteiger partial charge in [0, 0.05) is 19.0 Å². The Morgan fingerprint density at radius 1 is 0.805 bits per heavy atom. The Balaban J connectivity index is 1.62. The minimum atomic E-state index is 0.280. The van der Waals surface area contributed by atoms with Crippen LogP contribution in [0.5, 0.6) is 11.5 Å². The smallest absolute Gasteiger partial charge is 0.149 e. The van der Waals surface area contributed by atoms with Crippen molar-refractivity contribution >= 4 is 0 Å². The lowest BCUT2D eigenvalue weighted by Crippen LogP contribution is -2.14. The summed E-state index contributed by atoms with van der Waals surface area (Å²) in [6.45, 7) is 12.7. The van der Waals surface area contributed by atoms with Gasteiger partial charge in [0.15, 0.2) is 0 Å². The number of nitrogens with one attached hydrogen (secondary N) is 2. The predicted molar refractivity (Wildman–Crippen MR) is 169 cm³/mol.